The summed E-state index contributed by atoms with van der Waals surface area (Å²) in [5.41, 5.74) is 4.26. The molecule has 3 N–H and O–H groups in total. The Morgan fingerprint density at radius 3 is 2.56 bits per heavy atom. The van der Waals surface area contributed by atoms with E-state index in [4.69, 9.17) is 5.73 Å². The quantitative estimate of drug-likeness (QED) is 0.619. The van der Waals surface area contributed by atoms with E-state index in [2.05, 4.69) is 5.32 Å². The number of carbonyl (C=O) groups excluding carboxylic acids is 3. The molecule has 0 spiro atoms. The van der Waals surface area contributed by atoms with Gasteiger partial charge >= 0.3 is 0 Å². The van der Waals surface area contributed by atoms with Gasteiger partial charge in [-0.3, -0.25) is 14.4 Å². The number of carbonyl (C=O) groups is 3. The van der Waals surface area contributed by atoms with Crippen LogP contribution in [0.2, 0.25) is 0 Å². The SMILES string of the molecule is CN1CCN(C(=O)CNC(=O)CN)C(C)(C)C1=O. The van der Waals surface area contributed by atoms with Crippen molar-refractivity contribution in [2.75, 3.05) is 33.2 Å². The number of nitrogens with one attached hydrogen (secondary N) is 1. The third-order valence-corrected chi connectivity index (χ3v) is 3.13. The summed E-state index contributed by atoms with van der Waals surface area (Å²) in [4.78, 5) is 38.1. The van der Waals surface area contributed by atoms with Crippen molar-refractivity contribution in [3.05, 3.63) is 0 Å². The van der Waals surface area contributed by atoms with Gasteiger partial charge < -0.3 is 20.9 Å². The predicted octanol–water partition coefficient (Wildman–Crippen LogP) is -1.86. The van der Waals surface area contributed by atoms with Gasteiger partial charge in [-0.15, -0.1) is 0 Å². The van der Waals surface area contributed by atoms with E-state index in [1.165, 1.54) is 4.90 Å². The molecule has 3 amide bonds. The van der Waals surface area contributed by atoms with Crippen LogP contribution in [-0.2, 0) is 14.4 Å². The van der Waals surface area contributed by atoms with Crippen LogP contribution in [0.3, 0.4) is 0 Å². The molecule has 1 rings (SSSR count). The summed E-state index contributed by atoms with van der Waals surface area (Å²) in [5, 5.41) is 2.41. The van der Waals surface area contributed by atoms with E-state index in [1.807, 2.05) is 0 Å². The first-order valence-corrected chi connectivity index (χ1v) is 5.83. The summed E-state index contributed by atoms with van der Waals surface area (Å²) in [6, 6.07) is 0. The average molecular weight is 256 g/mol. The highest BCUT2D eigenvalue weighted by molar-refractivity contribution is 5.93. The van der Waals surface area contributed by atoms with Crippen molar-refractivity contribution in [2.24, 2.45) is 5.73 Å². The maximum Gasteiger partial charge on any atom is 0.247 e. The van der Waals surface area contributed by atoms with Gasteiger partial charge in [0.25, 0.3) is 0 Å². The van der Waals surface area contributed by atoms with Crippen LogP contribution >= 0.6 is 0 Å². The summed E-state index contributed by atoms with van der Waals surface area (Å²) < 4.78 is 0. The van der Waals surface area contributed by atoms with Crippen molar-refractivity contribution >= 4 is 17.7 Å². The molecule has 0 atom stereocenters. The van der Waals surface area contributed by atoms with Crippen molar-refractivity contribution in [1.82, 2.24) is 15.1 Å². The molecule has 1 saturated heterocycles. The molecule has 7 nitrogen and oxygen atoms in total. The summed E-state index contributed by atoms with van der Waals surface area (Å²) in [6.07, 6.45) is 0. The second-order valence-electron chi connectivity index (χ2n) is 4.81. The zero-order chi connectivity index (χ0) is 13.9. The number of hydrogen-bond donors (Lipinski definition) is 2. The average Bonchev–Trinajstić information content (AvgIpc) is 2.32. The first-order chi connectivity index (χ1) is 8.30. The van der Waals surface area contributed by atoms with E-state index in [-0.39, 0.29) is 30.8 Å². The van der Waals surface area contributed by atoms with Crippen LogP contribution in [0, 0.1) is 0 Å². The minimum absolute atomic E-state index is 0.104. The van der Waals surface area contributed by atoms with Gasteiger partial charge in [-0.1, -0.05) is 0 Å². The topological polar surface area (TPSA) is 95.7 Å². The zero-order valence-electron chi connectivity index (χ0n) is 11.0. The van der Waals surface area contributed by atoms with E-state index in [0.717, 1.165) is 0 Å². The Balaban J connectivity index is 2.68. The fraction of sp³-hybridized carbons (Fsp3) is 0.727. The molecule has 0 aliphatic carbocycles. The van der Waals surface area contributed by atoms with Gasteiger partial charge in [0.05, 0.1) is 13.1 Å². The highest BCUT2D eigenvalue weighted by Gasteiger charge is 2.42. The third-order valence-electron chi connectivity index (χ3n) is 3.13. The number of nitrogens with zero attached hydrogens (tertiary/aromatic N) is 2. The molecule has 7 heteroatoms. The van der Waals surface area contributed by atoms with Gasteiger partial charge in [0.2, 0.25) is 17.7 Å². The Labute approximate surface area is 106 Å². The summed E-state index contributed by atoms with van der Waals surface area (Å²) >= 11 is 0. The van der Waals surface area contributed by atoms with Crippen molar-refractivity contribution < 1.29 is 14.4 Å². The molecular formula is C11H20N4O3. The summed E-state index contributed by atoms with van der Waals surface area (Å²) in [7, 11) is 1.71. The Morgan fingerprint density at radius 2 is 2.00 bits per heavy atom. The molecule has 0 bridgehead atoms. The Morgan fingerprint density at radius 1 is 1.39 bits per heavy atom. The van der Waals surface area contributed by atoms with Crippen LogP contribution < -0.4 is 11.1 Å². The minimum atomic E-state index is -0.877. The molecule has 1 fully saturated rings. The normalized spacial score (nSPS) is 18.8. The number of amides is 3. The van der Waals surface area contributed by atoms with Gasteiger partial charge in [0.15, 0.2) is 0 Å². The molecule has 0 aromatic heterocycles. The van der Waals surface area contributed by atoms with Crippen LogP contribution in [-0.4, -0.2) is 66.3 Å². The van der Waals surface area contributed by atoms with E-state index < -0.39 is 5.54 Å². The standard InChI is InChI=1S/C11H20N4O3/c1-11(2)10(18)14(3)4-5-15(11)9(17)7-13-8(16)6-12/h4-7,12H2,1-3H3,(H,13,16). The second-order valence-corrected chi connectivity index (χ2v) is 4.81. The minimum Gasteiger partial charge on any atom is -0.346 e. The Kier molecular flexibility index (Phi) is 4.28. The summed E-state index contributed by atoms with van der Waals surface area (Å²) in [6.45, 7) is 4.08. The lowest BCUT2D eigenvalue weighted by Gasteiger charge is -2.44. The first kappa shape index (κ1) is 14.4. The molecule has 1 heterocycles. The molecule has 18 heavy (non-hydrogen) atoms. The Bertz CT molecular complexity index is 367. The summed E-state index contributed by atoms with van der Waals surface area (Å²) in [5.74, 6) is -0.767. The predicted molar refractivity (Wildman–Crippen MR) is 65.5 cm³/mol. The smallest absolute Gasteiger partial charge is 0.247 e. The molecule has 0 aromatic carbocycles. The lowest BCUT2D eigenvalue weighted by molar-refractivity contribution is -0.157. The van der Waals surface area contributed by atoms with Crippen molar-refractivity contribution in [2.45, 2.75) is 19.4 Å². The number of nitrogens with two attached hydrogens (primary N) is 1. The van der Waals surface area contributed by atoms with Gasteiger partial charge in [-0.05, 0) is 13.8 Å². The highest BCUT2D eigenvalue weighted by atomic mass is 16.2. The molecule has 102 valence electrons. The molecule has 1 aliphatic heterocycles. The largest absolute Gasteiger partial charge is 0.346 e. The molecule has 0 saturated carbocycles. The fourth-order valence-electron chi connectivity index (χ4n) is 1.99. The van der Waals surface area contributed by atoms with Crippen molar-refractivity contribution in [1.29, 1.82) is 0 Å². The van der Waals surface area contributed by atoms with Crippen molar-refractivity contribution in [3.63, 3.8) is 0 Å². The van der Waals surface area contributed by atoms with Gasteiger partial charge in [-0.25, -0.2) is 0 Å². The maximum absolute atomic E-state index is 12.0. The van der Waals surface area contributed by atoms with Crippen LogP contribution in [0.15, 0.2) is 0 Å². The van der Waals surface area contributed by atoms with E-state index >= 15 is 0 Å². The molecule has 1 aliphatic rings. The van der Waals surface area contributed by atoms with Gasteiger partial charge in [0, 0.05) is 20.1 Å². The number of rotatable bonds is 3. The Hall–Kier alpha value is -1.63. The number of likely N-dealkylation sites (N-methyl/N-ethyl adjacent to an activating group) is 1. The van der Waals surface area contributed by atoms with Crippen LogP contribution in [0.5, 0.6) is 0 Å². The molecule has 0 aromatic rings. The lowest BCUT2D eigenvalue weighted by atomic mass is 9.97. The van der Waals surface area contributed by atoms with Gasteiger partial charge in [0.1, 0.15) is 5.54 Å². The third kappa shape index (κ3) is 2.79. The van der Waals surface area contributed by atoms with Crippen LogP contribution in [0.25, 0.3) is 0 Å². The lowest BCUT2D eigenvalue weighted by Crippen LogP contribution is -2.64. The maximum atomic E-state index is 12.0. The van der Waals surface area contributed by atoms with Crippen LogP contribution in [0.1, 0.15) is 13.8 Å². The monoisotopic (exact) mass is 256 g/mol. The molecule has 0 unspecified atom stereocenters. The van der Waals surface area contributed by atoms with Crippen molar-refractivity contribution in [3.8, 4) is 0 Å². The van der Waals surface area contributed by atoms with Crippen LogP contribution in [0.4, 0.5) is 0 Å². The highest BCUT2D eigenvalue weighted by Crippen LogP contribution is 2.21. The first-order valence-electron chi connectivity index (χ1n) is 5.83. The van der Waals surface area contributed by atoms with Gasteiger partial charge in [-0.2, -0.15) is 0 Å². The van der Waals surface area contributed by atoms with E-state index in [1.54, 1.807) is 25.8 Å². The molecule has 0 radical (unpaired) electrons. The van der Waals surface area contributed by atoms with E-state index in [9.17, 15) is 14.4 Å². The zero-order valence-corrected chi connectivity index (χ0v) is 11.0. The molecular weight excluding hydrogens is 236 g/mol. The number of piperazine rings is 1. The second kappa shape index (κ2) is 5.34. The number of hydrogen-bond acceptors (Lipinski definition) is 4. The fourth-order valence-corrected chi connectivity index (χ4v) is 1.99. The van der Waals surface area contributed by atoms with E-state index in [0.29, 0.717) is 13.1 Å².